The van der Waals surface area contributed by atoms with Crippen molar-refractivity contribution in [3.8, 4) is 0 Å². The number of ether oxygens (including phenoxy) is 1. The van der Waals surface area contributed by atoms with E-state index in [0.717, 1.165) is 18.7 Å². The van der Waals surface area contributed by atoms with Crippen molar-refractivity contribution < 1.29 is 14.3 Å². The maximum atomic E-state index is 13.6. The van der Waals surface area contributed by atoms with Crippen LogP contribution in [0.25, 0.3) is 0 Å². The molecule has 2 fully saturated rings. The smallest absolute Gasteiger partial charge is 0.230 e. The second-order valence-corrected chi connectivity index (χ2v) is 9.35. The summed E-state index contributed by atoms with van der Waals surface area (Å²) in [5.41, 5.74) is 2.96. The average Bonchev–Trinajstić information content (AvgIpc) is 3.53. The standard InChI is InChI=1S/C25H27N3O3/c1-17-4-6-18(7-5-17)9-12-28-16-25-10-8-20(31-25)21(22(25)24(28)30)23(29)27-14-13-26-11-2-3-19(26)15-27/h2-8,10-11,20-22H,9,12-16H2,1H3/t20-,21?,22?,25-/m0/s1. The van der Waals surface area contributed by atoms with Gasteiger partial charge in [0.2, 0.25) is 11.8 Å². The molecular weight excluding hydrogens is 390 g/mol. The fourth-order valence-corrected chi connectivity index (χ4v) is 5.78. The summed E-state index contributed by atoms with van der Waals surface area (Å²) < 4.78 is 8.50. The third kappa shape index (κ3) is 2.88. The van der Waals surface area contributed by atoms with E-state index in [4.69, 9.17) is 4.74 Å². The van der Waals surface area contributed by atoms with E-state index in [2.05, 4.69) is 48.0 Å². The molecule has 4 aliphatic rings. The molecule has 1 aromatic carbocycles. The lowest BCUT2D eigenvalue weighted by molar-refractivity contribution is -0.144. The Kier molecular flexibility index (Phi) is 4.15. The topological polar surface area (TPSA) is 54.8 Å². The van der Waals surface area contributed by atoms with Crippen LogP contribution in [-0.4, -0.2) is 57.5 Å². The Morgan fingerprint density at radius 3 is 2.87 bits per heavy atom. The quantitative estimate of drug-likeness (QED) is 0.717. The van der Waals surface area contributed by atoms with Gasteiger partial charge in [-0.1, -0.05) is 42.0 Å². The molecule has 1 aromatic heterocycles. The SMILES string of the molecule is Cc1ccc(CCN2C[C@]34C=C[C@H](O3)C(C(=O)N3CCn5cccc5C3)C4C2=O)cc1. The Hall–Kier alpha value is -2.86. The second-order valence-electron chi connectivity index (χ2n) is 9.35. The normalized spacial score (nSPS) is 30.7. The van der Waals surface area contributed by atoms with E-state index in [0.29, 0.717) is 26.2 Å². The van der Waals surface area contributed by atoms with Crippen molar-refractivity contribution in [3.63, 3.8) is 0 Å². The summed E-state index contributed by atoms with van der Waals surface area (Å²) in [5, 5.41) is 0. The van der Waals surface area contributed by atoms with Crippen LogP contribution in [0.15, 0.2) is 54.7 Å². The predicted octanol–water partition coefficient (Wildman–Crippen LogP) is 2.16. The fraction of sp³-hybridized carbons (Fsp3) is 0.440. The molecule has 31 heavy (non-hydrogen) atoms. The number of amides is 2. The number of aromatic nitrogens is 1. The Morgan fingerprint density at radius 2 is 2.03 bits per heavy atom. The molecular formula is C25H27N3O3. The van der Waals surface area contributed by atoms with Gasteiger partial charge in [-0.05, 0) is 31.0 Å². The molecule has 2 unspecified atom stereocenters. The molecule has 2 aromatic rings. The summed E-state index contributed by atoms with van der Waals surface area (Å²) in [5.74, 6) is -0.690. The molecule has 2 saturated heterocycles. The second kappa shape index (κ2) is 6.82. The van der Waals surface area contributed by atoms with Crippen molar-refractivity contribution >= 4 is 11.8 Å². The Balaban J connectivity index is 1.20. The van der Waals surface area contributed by atoms with Crippen LogP contribution in [0.1, 0.15) is 16.8 Å². The van der Waals surface area contributed by atoms with Crippen LogP contribution in [0.5, 0.6) is 0 Å². The van der Waals surface area contributed by atoms with Crippen LogP contribution in [0.4, 0.5) is 0 Å². The first-order valence-corrected chi connectivity index (χ1v) is 11.2. The highest BCUT2D eigenvalue weighted by Gasteiger charge is 2.67. The number of hydrogen-bond donors (Lipinski definition) is 0. The van der Waals surface area contributed by atoms with Gasteiger partial charge in [-0.25, -0.2) is 0 Å². The molecule has 0 saturated carbocycles. The maximum Gasteiger partial charge on any atom is 0.230 e. The van der Waals surface area contributed by atoms with E-state index < -0.39 is 17.4 Å². The minimum absolute atomic E-state index is 0.0578. The van der Waals surface area contributed by atoms with Crippen LogP contribution in [0.3, 0.4) is 0 Å². The molecule has 6 nitrogen and oxygen atoms in total. The van der Waals surface area contributed by atoms with Crippen LogP contribution < -0.4 is 0 Å². The van der Waals surface area contributed by atoms with E-state index in [-0.39, 0.29) is 17.9 Å². The molecule has 2 bridgehead atoms. The monoisotopic (exact) mass is 417 g/mol. The first kappa shape index (κ1) is 18.9. The third-order valence-electron chi connectivity index (χ3n) is 7.45. The summed E-state index contributed by atoms with van der Waals surface area (Å²) in [7, 11) is 0. The van der Waals surface area contributed by atoms with Crippen molar-refractivity contribution in [2.75, 3.05) is 19.6 Å². The van der Waals surface area contributed by atoms with Gasteiger partial charge in [0, 0.05) is 31.5 Å². The van der Waals surface area contributed by atoms with E-state index in [1.807, 2.05) is 28.0 Å². The van der Waals surface area contributed by atoms with Gasteiger partial charge in [0.15, 0.2) is 0 Å². The predicted molar refractivity (Wildman–Crippen MR) is 115 cm³/mol. The van der Waals surface area contributed by atoms with Gasteiger partial charge in [-0.2, -0.15) is 0 Å². The van der Waals surface area contributed by atoms with Gasteiger partial charge in [-0.3, -0.25) is 9.59 Å². The van der Waals surface area contributed by atoms with Gasteiger partial charge < -0.3 is 19.1 Å². The molecule has 5 heterocycles. The van der Waals surface area contributed by atoms with Gasteiger partial charge in [0.1, 0.15) is 5.60 Å². The third-order valence-corrected chi connectivity index (χ3v) is 7.45. The molecule has 2 amide bonds. The number of carbonyl (C=O) groups excluding carboxylic acids is 2. The molecule has 0 aliphatic carbocycles. The van der Waals surface area contributed by atoms with Gasteiger partial charge in [0.25, 0.3) is 0 Å². The number of nitrogens with zero attached hydrogens (tertiary/aromatic N) is 3. The summed E-state index contributed by atoms with van der Waals surface area (Å²) in [6.07, 6.45) is 6.63. The van der Waals surface area contributed by atoms with Crippen molar-refractivity contribution in [2.24, 2.45) is 11.8 Å². The molecule has 4 aliphatic heterocycles. The summed E-state index contributed by atoms with van der Waals surface area (Å²) in [4.78, 5) is 30.8. The van der Waals surface area contributed by atoms with Crippen molar-refractivity contribution in [2.45, 2.75) is 38.1 Å². The lowest BCUT2D eigenvalue weighted by Gasteiger charge is -2.33. The first-order chi connectivity index (χ1) is 15.0. The van der Waals surface area contributed by atoms with Crippen molar-refractivity contribution in [3.05, 3.63) is 71.6 Å². The average molecular weight is 418 g/mol. The molecule has 160 valence electrons. The number of carbonyl (C=O) groups is 2. The Morgan fingerprint density at radius 1 is 1.19 bits per heavy atom. The molecule has 4 atom stereocenters. The number of hydrogen-bond acceptors (Lipinski definition) is 3. The highest BCUT2D eigenvalue weighted by atomic mass is 16.5. The molecule has 6 rings (SSSR count). The number of benzene rings is 1. The van der Waals surface area contributed by atoms with Crippen molar-refractivity contribution in [1.82, 2.24) is 14.4 Å². The molecule has 0 radical (unpaired) electrons. The Bertz CT molecular complexity index is 1070. The molecule has 0 N–H and O–H groups in total. The number of rotatable bonds is 4. The number of fused-ring (bicyclic) bond motifs is 2. The number of aryl methyl sites for hydroxylation is 1. The highest BCUT2D eigenvalue weighted by Crippen LogP contribution is 2.52. The van der Waals surface area contributed by atoms with Crippen LogP contribution in [0.2, 0.25) is 0 Å². The fourth-order valence-electron chi connectivity index (χ4n) is 5.78. The van der Waals surface area contributed by atoms with E-state index >= 15 is 0 Å². The van der Waals surface area contributed by atoms with Gasteiger partial charge >= 0.3 is 0 Å². The Labute approximate surface area is 182 Å². The van der Waals surface area contributed by atoms with Gasteiger partial charge in [-0.15, -0.1) is 0 Å². The van der Waals surface area contributed by atoms with Gasteiger partial charge in [0.05, 0.1) is 31.0 Å². The van der Waals surface area contributed by atoms with E-state index in [1.165, 1.54) is 11.1 Å². The zero-order valence-electron chi connectivity index (χ0n) is 17.7. The summed E-state index contributed by atoms with van der Waals surface area (Å²) in [6, 6.07) is 12.5. The minimum atomic E-state index is -0.634. The largest absolute Gasteiger partial charge is 0.360 e. The molecule has 6 heteroatoms. The van der Waals surface area contributed by atoms with E-state index in [9.17, 15) is 9.59 Å². The van der Waals surface area contributed by atoms with Crippen LogP contribution in [0, 0.1) is 18.8 Å². The lowest BCUT2D eigenvalue weighted by atomic mass is 9.76. The number of likely N-dealkylation sites (tertiary alicyclic amines) is 1. The zero-order valence-corrected chi connectivity index (χ0v) is 17.7. The van der Waals surface area contributed by atoms with E-state index in [1.54, 1.807) is 0 Å². The maximum absolute atomic E-state index is 13.6. The first-order valence-electron chi connectivity index (χ1n) is 11.2. The minimum Gasteiger partial charge on any atom is -0.360 e. The zero-order chi connectivity index (χ0) is 21.2. The summed E-state index contributed by atoms with van der Waals surface area (Å²) in [6.45, 7) is 5.35. The summed E-state index contributed by atoms with van der Waals surface area (Å²) >= 11 is 0. The van der Waals surface area contributed by atoms with Crippen molar-refractivity contribution in [1.29, 1.82) is 0 Å². The van der Waals surface area contributed by atoms with Crippen LogP contribution in [-0.2, 0) is 33.8 Å². The highest BCUT2D eigenvalue weighted by molar-refractivity contribution is 5.93. The van der Waals surface area contributed by atoms with Crippen LogP contribution >= 0.6 is 0 Å². The molecule has 1 spiro atoms. The lowest BCUT2D eigenvalue weighted by Crippen LogP contribution is -2.48.